The van der Waals surface area contributed by atoms with E-state index < -0.39 is 5.54 Å². The second-order valence-corrected chi connectivity index (χ2v) is 5.44. The molecular formula is C15H16FNO3. The van der Waals surface area contributed by atoms with Gasteiger partial charge in [-0.15, -0.1) is 0 Å². The molecule has 1 aliphatic carbocycles. The van der Waals surface area contributed by atoms with Gasteiger partial charge in [-0.05, 0) is 44.4 Å². The van der Waals surface area contributed by atoms with Crippen LogP contribution in [0.2, 0.25) is 0 Å². The summed E-state index contributed by atoms with van der Waals surface area (Å²) in [5.41, 5.74) is 0.582. The monoisotopic (exact) mass is 277 g/mol. The number of amides is 1. The molecule has 3 rings (SSSR count). The van der Waals surface area contributed by atoms with Crippen LogP contribution >= 0.6 is 0 Å². The first-order chi connectivity index (χ1) is 9.54. The number of halogens is 1. The molecule has 0 radical (unpaired) electrons. The van der Waals surface area contributed by atoms with Crippen LogP contribution in [-0.2, 0) is 0 Å². The summed E-state index contributed by atoms with van der Waals surface area (Å²) in [6.45, 7) is 1.65. The Balaban J connectivity index is 1.93. The second-order valence-electron chi connectivity index (χ2n) is 5.44. The van der Waals surface area contributed by atoms with Crippen molar-refractivity contribution in [3.63, 3.8) is 0 Å². The van der Waals surface area contributed by atoms with Crippen molar-refractivity contribution in [1.82, 2.24) is 5.32 Å². The minimum absolute atomic E-state index is 0.0767. The molecule has 0 spiro atoms. The van der Waals surface area contributed by atoms with Crippen molar-refractivity contribution in [3.8, 4) is 0 Å². The smallest absolute Gasteiger partial charge is 0.287 e. The average molecular weight is 277 g/mol. The fraction of sp³-hybridized carbons (Fsp3) is 0.400. The number of hydrogen-bond acceptors (Lipinski definition) is 3. The lowest BCUT2D eigenvalue weighted by Gasteiger charge is -2.40. The molecule has 20 heavy (non-hydrogen) atoms. The minimum atomic E-state index is -0.520. The van der Waals surface area contributed by atoms with E-state index >= 15 is 0 Å². The molecule has 5 heteroatoms. The highest BCUT2D eigenvalue weighted by Crippen LogP contribution is 2.32. The number of carbonyl (C=O) groups excluding carboxylic acids is 1. The van der Waals surface area contributed by atoms with E-state index in [1.54, 1.807) is 6.92 Å². The van der Waals surface area contributed by atoms with Crippen molar-refractivity contribution in [2.75, 3.05) is 6.61 Å². The van der Waals surface area contributed by atoms with E-state index in [0.717, 1.165) is 19.3 Å². The maximum atomic E-state index is 13.2. The predicted molar refractivity (Wildman–Crippen MR) is 72.0 cm³/mol. The molecule has 0 bridgehead atoms. The van der Waals surface area contributed by atoms with Gasteiger partial charge in [0.2, 0.25) is 0 Å². The van der Waals surface area contributed by atoms with Gasteiger partial charge in [-0.1, -0.05) is 0 Å². The van der Waals surface area contributed by atoms with Crippen molar-refractivity contribution >= 4 is 16.9 Å². The third-order valence-corrected chi connectivity index (χ3v) is 4.10. The molecule has 106 valence electrons. The zero-order valence-electron chi connectivity index (χ0n) is 11.2. The summed E-state index contributed by atoms with van der Waals surface area (Å²) in [6.07, 6.45) is 2.53. The van der Waals surface area contributed by atoms with Gasteiger partial charge in [-0.3, -0.25) is 4.79 Å². The van der Waals surface area contributed by atoms with Crippen molar-refractivity contribution < 1.29 is 18.7 Å². The third kappa shape index (κ3) is 1.98. The standard InChI is InChI=1S/C15H16FNO3/c1-9-11-7-10(16)3-4-12(11)20-13(9)14(19)17-15(8-18)5-2-6-15/h3-4,7,18H,2,5-6,8H2,1H3,(H,17,19). The Kier molecular flexibility index (Phi) is 3.01. The number of hydrogen-bond donors (Lipinski definition) is 2. The van der Waals surface area contributed by atoms with Gasteiger partial charge in [0.15, 0.2) is 5.76 Å². The number of carbonyl (C=O) groups is 1. The summed E-state index contributed by atoms with van der Waals surface area (Å²) < 4.78 is 18.8. The Morgan fingerprint density at radius 2 is 2.25 bits per heavy atom. The molecule has 0 saturated heterocycles. The van der Waals surface area contributed by atoms with Gasteiger partial charge in [-0.2, -0.15) is 0 Å². The molecule has 1 fully saturated rings. The predicted octanol–water partition coefficient (Wildman–Crippen LogP) is 2.53. The van der Waals surface area contributed by atoms with Crippen molar-refractivity contribution in [2.45, 2.75) is 31.7 Å². The van der Waals surface area contributed by atoms with Gasteiger partial charge in [-0.25, -0.2) is 4.39 Å². The fourth-order valence-corrected chi connectivity index (χ4v) is 2.63. The Bertz CT molecular complexity index is 668. The summed E-state index contributed by atoms with van der Waals surface area (Å²) >= 11 is 0. The van der Waals surface area contributed by atoms with Gasteiger partial charge in [0, 0.05) is 10.9 Å². The first-order valence-corrected chi connectivity index (χ1v) is 6.67. The van der Waals surface area contributed by atoms with Gasteiger partial charge in [0.1, 0.15) is 11.4 Å². The summed E-state index contributed by atoms with van der Waals surface area (Å²) in [5, 5.41) is 12.8. The molecule has 0 aliphatic heterocycles. The minimum Gasteiger partial charge on any atom is -0.451 e. The number of aliphatic hydroxyl groups is 1. The zero-order chi connectivity index (χ0) is 14.3. The summed E-state index contributed by atoms with van der Waals surface area (Å²) in [7, 11) is 0. The molecule has 1 amide bonds. The largest absolute Gasteiger partial charge is 0.451 e. The van der Waals surface area contributed by atoms with Crippen LogP contribution in [0.25, 0.3) is 11.0 Å². The van der Waals surface area contributed by atoms with Crippen LogP contribution in [0.3, 0.4) is 0 Å². The molecule has 1 heterocycles. The molecule has 0 atom stereocenters. The molecule has 0 unspecified atom stereocenters. The first kappa shape index (κ1) is 13.1. The Labute approximate surface area is 115 Å². The number of aliphatic hydroxyl groups excluding tert-OH is 1. The quantitative estimate of drug-likeness (QED) is 0.906. The van der Waals surface area contributed by atoms with Crippen LogP contribution in [0.1, 0.15) is 35.4 Å². The van der Waals surface area contributed by atoms with E-state index in [4.69, 9.17) is 4.42 Å². The lowest BCUT2D eigenvalue weighted by molar-refractivity contribution is 0.0620. The summed E-state index contributed by atoms with van der Waals surface area (Å²) in [5.74, 6) is -0.530. The number of fused-ring (bicyclic) bond motifs is 1. The van der Waals surface area contributed by atoms with Crippen LogP contribution in [0.4, 0.5) is 4.39 Å². The summed E-state index contributed by atoms with van der Waals surface area (Å²) in [4.78, 5) is 12.3. The maximum Gasteiger partial charge on any atom is 0.287 e. The van der Waals surface area contributed by atoms with Gasteiger partial charge < -0.3 is 14.8 Å². The van der Waals surface area contributed by atoms with Crippen LogP contribution in [0.5, 0.6) is 0 Å². The number of rotatable bonds is 3. The molecule has 1 aromatic carbocycles. The van der Waals surface area contributed by atoms with Crippen LogP contribution in [0, 0.1) is 12.7 Å². The lowest BCUT2D eigenvalue weighted by atomic mass is 9.77. The molecule has 2 aromatic rings. The molecule has 4 nitrogen and oxygen atoms in total. The maximum absolute atomic E-state index is 13.2. The van der Waals surface area contributed by atoms with Gasteiger partial charge in [0.25, 0.3) is 5.91 Å². The van der Waals surface area contributed by atoms with Crippen molar-refractivity contribution in [3.05, 3.63) is 35.3 Å². The van der Waals surface area contributed by atoms with E-state index in [9.17, 15) is 14.3 Å². The Morgan fingerprint density at radius 3 is 2.85 bits per heavy atom. The summed E-state index contributed by atoms with van der Waals surface area (Å²) in [6, 6.07) is 4.17. The zero-order valence-corrected chi connectivity index (χ0v) is 11.2. The number of aryl methyl sites for hydroxylation is 1. The van der Waals surface area contributed by atoms with Gasteiger partial charge in [0.05, 0.1) is 12.1 Å². The van der Waals surface area contributed by atoms with Crippen molar-refractivity contribution in [2.24, 2.45) is 0 Å². The highest BCUT2D eigenvalue weighted by Gasteiger charge is 2.38. The van der Waals surface area contributed by atoms with E-state index in [0.29, 0.717) is 16.5 Å². The molecule has 1 aliphatic rings. The fourth-order valence-electron chi connectivity index (χ4n) is 2.63. The highest BCUT2D eigenvalue weighted by molar-refractivity contribution is 5.99. The second kappa shape index (κ2) is 4.59. The van der Waals surface area contributed by atoms with Gasteiger partial charge >= 0.3 is 0 Å². The Hall–Kier alpha value is -1.88. The molecule has 1 aromatic heterocycles. The first-order valence-electron chi connectivity index (χ1n) is 6.67. The highest BCUT2D eigenvalue weighted by atomic mass is 19.1. The van der Waals surface area contributed by atoms with E-state index in [1.165, 1.54) is 18.2 Å². The van der Waals surface area contributed by atoms with Crippen LogP contribution < -0.4 is 5.32 Å². The van der Waals surface area contributed by atoms with Crippen LogP contribution in [0.15, 0.2) is 22.6 Å². The van der Waals surface area contributed by atoms with E-state index in [1.807, 2.05) is 0 Å². The lowest BCUT2D eigenvalue weighted by Crippen LogP contribution is -2.56. The molecular weight excluding hydrogens is 261 g/mol. The third-order valence-electron chi connectivity index (χ3n) is 4.10. The van der Waals surface area contributed by atoms with Crippen LogP contribution in [-0.4, -0.2) is 23.2 Å². The number of benzene rings is 1. The molecule has 1 saturated carbocycles. The SMILES string of the molecule is Cc1c(C(=O)NC2(CO)CCC2)oc2ccc(F)cc12. The van der Waals surface area contributed by atoms with E-state index in [-0.39, 0.29) is 24.1 Å². The van der Waals surface area contributed by atoms with Crippen molar-refractivity contribution in [1.29, 1.82) is 0 Å². The molecule has 2 N–H and O–H groups in total. The number of nitrogens with one attached hydrogen (secondary N) is 1. The topological polar surface area (TPSA) is 62.5 Å². The van der Waals surface area contributed by atoms with E-state index in [2.05, 4.69) is 5.32 Å². The number of furan rings is 1. The Morgan fingerprint density at radius 1 is 1.50 bits per heavy atom. The average Bonchev–Trinajstić information content (AvgIpc) is 2.71. The normalized spacial score (nSPS) is 16.9.